The van der Waals surface area contributed by atoms with Crippen molar-refractivity contribution < 1.29 is 0 Å². The van der Waals surface area contributed by atoms with E-state index in [1.54, 1.807) is 29.4 Å². The Labute approximate surface area is 169 Å². The number of hydrogen-bond acceptors (Lipinski definition) is 6. The van der Waals surface area contributed by atoms with Crippen LogP contribution in [0.4, 0.5) is 5.82 Å². The average Bonchev–Trinajstić information content (AvgIpc) is 3.62. The van der Waals surface area contributed by atoms with E-state index in [9.17, 15) is 4.79 Å². The lowest BCUT2D eigenvalue weighted by Crippen LogP contribution is -2.37. The maximum absolute atomic E-state index is 12.6. The first-order chi connectivity index (χ1) is 14.3. The number of rotatable bonds is 5. The minimum absolute atomic E-state index is 0.000817. The molecule has 7 heteroatoms. The summed E-state index contributed by atoms with van der Waals surface area (Å²) >= 11 is 0. The molecule has 0 aromatic carbocycles. The molecule has 1 aliphatic heterocycles. The van der Waals surface area contributed by atoms with Gasteiger partial charge in [-0.2, -0.15) is 0 Å². The predicted molar refractivity (Wildman–Crippen MR) is 111 cm³/mol. The quantitative estimate of drug-likeness (QED) is 0.669. The second-order valence-corrected chi connectivity index (χ2v) is 7.98. The van der Waals surface area contributed by atoms with Crippen molar-refractivity contribution in [3.8, 4) is 11.3 Å². The summed E-state index contributed by atoms with van der Waals surface area (Å²) in [5.41, 5.74) is 1.60. The van der Waals surface area contributed by atoms with Crippen molar-refractivity contribution in [3.63, 3.8) is 0 Å². The second kappa shape index (κ2) is 7.73. The molecule has 0 radical (unpaired) electrons. The largest absolute Gasteiger partial charge is 0.356 e. The van der Waals surface area contributed by atoms with Gasteiger partial charge in [0.2, 0.25) is 0 Å². The Morgan fingerprint density at radius 1 is 0.966 bits per heavy atom. The maximum Gasteiger partial charge on any atom is 0.253 e. The van der Waals surface area contributed by atoms with Gasteiger partial charge < -0.3 is 4.90 Å². The summed E-state index contributed by atoms with van der Waals surface area (Å²) in [6.07, 6.45) is 11.5. The lowest BCUT2D eigenvalue weighted by molar-refractivity contribution is 0.350. The first-order valence-corrected chi connectivity index (χ1v) is 10.3. The van der Waals surface area contributed by atoms with Crippen molar-refractivity contribution in [1.82, 2.24) is 24.5 Å². The number of piperidine rings is 1. The average molecular weight is 388 g/mol. The molecule has 0 bridgehead atoms. The molecule has 0 N–H and O–H groups in total. The molecule has 4 heterocycles. The zero-order valence-electron chi connectivity index (χ0n) is 16.3. The van der Waals surface area contributed by atoms with Gasteiger partial charge in [-0.3, -0.25) is 14.3 Å². The number of nitrogens with zero attached hydrogens (tertiary/aromatic N) is 6. The first-order valence-electron chi connectivity index (χ1n) is 10.3. The monoisotopic (exact) mass is 388 g/mol. The van der Waals surface area contributed by atoms with Gasteiger partial charge in [0.1, 0.15) is 11.6 Å². The Hall–Kier alpha value is -3.09. The van der Waals surface area contributed by atoms with E-state index < -0.39 is 0 Å². The fraction of sp³-hybridized carbons (Fsp3) is 0.409. The molecule has 1 aliphatic carbocycles. The third kappa shape index (κ3) is 4.04. The van der Waals surface area contributed by atoms with Crippen LogP contribution in [0.1, 0.15) is 37.4 Å². The minimum atomic E-state index is -0.000817. The van der Waals surface area contributed by atoms with E-state index in [0.717, 1.165) is 43.1 Å². The molecule has 0 amide bonds. The van der Waals surface area contributed by atoms with Crippen molar-refractivity contribution >= 4 is 5.82 Å². The maximum atomic E-state index is 12.6. The zero-order valence-corrected chi connectivity index (χ0v) is 16.3. The van der Waals surface area contributed by atoms with E-state index in [2.05, 4.69) is 19.9 Å². The first kappa shape index (κ1) is 18.0. The van der Waals surface area contributed by atoms with Gasteiger partial charge in [-0.1, -0.05) is 0 Å². The van der Waals surface area contributed by atoms with Crippen molar-refractivity contribution in [2.75, 3.05) is 18.0 Å². The summed E-state index contributed by atoms with van der Waals surface area (Å²) in [6, 6.07) is 7.36. The summed E-state index contributed by atoms with van der Waals surface area (Å²) in [6.45, 7) is 2.64. The van der Waals surface area contributed by atoms with Gasteiger partial charge in [-0.15, -0.1) is 0 Å². The molecule has 3 aromatic rings. The van der Waals surface area contributed by atoms with E-state index in [4.69, 9.17) is 4.98 Å². The molecule has 7 nitrogen and oxygen atoms in total. The SMILES string of the molecule is O=c1cc(-c2ccncc2)ncn1CC1CCN(c2ccnc(C3CC3)n2)CC1. The van der Waals surface area contributed by atoms with Gasteiger partial charge >= 0.3 is 0 Å². The van der Waals surface area contributed by atoms with E-state index in [1.165, 1.54) is 12.8 Å². The molecule has 29 heavy (non-hydrogen) atoms. The van der Waals surface area contributed by atoms with Gasteiger partial charge in [0.05, 0.1) is 12.0 Å². The van der Waals surface area contributed by atoms with Gasteiger partial charge in [0.25, 0.3) is 5.56 Å². The van der Waals surface area contributed by atoms with Gasteiger partial charge in [-0.25, -0.2) is 15.0 Å². The third-order valence-corrected chi connectivity index (χ3v) is 5.85. The molecule has 148 valence electrons. The summed E-state index contributed by atoms with van der Waals surface area (Å²) in [5.74, 6) is 3.08. The lowest BCUT2D eigenvalue weighted by atomic mass is 9.96. The van der Waals surface area contributed by atoms with Crippen LogP contribution in [-0.4, -0.2) is 37.6 Å². The van der Waals surface area contributed by atoms with Crippen LogP contribution in [0.25, 0.3) is 11.3 Å². The molecule has 1 saturated heterocycles. The molecule has 2 fully saturated rings. The molecule has 0 unspecified atom stereocenters. The van der Waals surface area contributed by atoms with Crippen molar-refractivity contribution in [2.45, 2.75) is 38.1 Å². The normalized spacial score (nSPS) is 17.4. The van der Waals surface area contributed by atoms with Crippen molar-refractivity contribution in [2.24, 2.45) is 5.92 Å². The van der Waals surface area contributed by atoms with Crippen molar-refractivity contribution in [1.29, 1.82) is 0 Å². The molecule has 0 spiro atoms. The standard InChI is InChI=1S/C22H24N6O/c29-21-13-19(17-3-8-23-9-4-17)25-15-28(21)14-16-6-11-27(12-7-16)20-5-10-24-22(26-20)18-1-2-18/h3-5,8-10,13,15-16,18H,1-2,6-7,11-12,14H2. The smallest absolute Gasteiger partial charge is 0.253 e. The second-order valence-electron chi connectivity index (χ2n) is 7.98. The van der Waals surface area contributed by atoms with E-state index in [-0.39, 0.29) is 5.56 Å². The highest BCUT2D eigenvalue weighted by molar-refractivity contribution is 5.57. The highest BCUT2D eigenvalue weighted by Gasteiger charge is 2.28. The van der Waals surface area contributed by atoms with E-state index in [1.807, 2.05) is 24.4 Å². The van der Waals surface area contributed by atoms with Crippen LogP contribution in [0.15, 0.2) is 54.0 Å². The van der Waals surface area contributed by atoms with E-state index in [0.29, 0.717) is 24.1 Å². The Bertz CT molecular complexity index is 1040. The van der Waals surface area contributed by atoms with Gasteiger partial charge in [-0.05, 0) is 49.8 Å². The van der Waals surface area contributed by atoms with Crippen LogP contribution in [0.2, 0.25) is 0 Å². The number of aromatic nitrogens is 5. The van der Waals surface area contributed by atoms with E-state index >= 15 is 0 Å². The molecule has 0 atom stereocenters. The van der Waals surface area contributed by atoms with Gasteiger partial charge in [0, 0.05) is 55.8 Å². The summed E-state index contributed by atoms with van der Waals surface area (Å²) in [5, 5.41) is 0. The summed E-state index contributed by atoms with van der Waals surface area (Å²) in [7, 11) is 0. The number of pyridine rings is 1. The Balaban J connectivity index is 1.22. The zero-order chi connectivity index (χ0) is 19.6. The molecule has 1 saturated carbocycles. The lowest BCUT2D eigenvalue weighted by Gasteiger charge is -2.33. The fourth-order valence-electron chi connectivity index (χ4n) is 3.94. The molecular weight excluding hydrogens is 364 g/mol. The van der Waals surface area contributed by atoms with Crippen LogP contribution in [0, 0.1) is 5.92 Å². The van der Waals surface area contributed by atoms with Gasteiger partial charge in [0.15, 0.2) is 0 Å². The highest BCUT2D eigenvalue weighted by Crippen LogP contribution is 2.38. The summed E-state index contributed by atoms with van der Waals surface area (Å²) in [4.78, 5) is 32.6. The van der Waals surface area contributed by atoms with Crippen LogP contribution in [-0.2, 0) is 6.54 Å². The van der Waals surface area contributed by atoms with Crippen LogP contribution in [0.5, 0.6) is 0 Å². The van der Waals surface area contributed by atoms with Crippen LogP contribution < -0.4 is 10.5 Å². The van der Waals surface area contributed by atoms with Crippen molar-refractivity contribution in [3.05, 3.63) is 65.4 Å². The predicted octanol–water partition coefficient (Wildman–Crippen LogP) is 2.89. The van der Waals surface area contributed by atoms with Crippen LogP contribution in [0.3, 0.4) is 0 Å². The van der Waals surface area contributed by atoms with Crippen LogP contribution >= 0.6 is 0 Å². The molecular formula is C22H24N6O. The molecule has 3 aromatic heterocycles. The topological polar surface area (TPSA) is 76.8 Å². The number of anilines is 1. The Kier molecular flexibility index (Phi) is 4.79. The summed E-state index contributed by atoms with van der Waals surface area (Å²) < 4.78 is 1.74. The third-order valence-electron chi connectivity index (χ3n) is 5.85. The fourth-order valence-corrected chi connectivity index (χ4v) is 3.94. The molecule has 2 aliphatic rings. The molecule has 5 rings (SSSR count). The highest BCUT2D eigenvalue weighted by atomic mass is 16.1. The Morgan fingerprint density at radius 2 is 1.76 bits per heavy atom. The number of hydrogen-bond donors (Lipinski definition) is 0. The Morgan fingerprint density at radius 3 is 2.48 bits per heavy atom. The minimum Gasteiger partial charge on any atom is -0.356 e.